The largest absolute Gasteiger partial charge is 0.490 e. The summed E-state index contributed by atoms with van der Waals surface area (Å²) in [5.41, 5.74) is 0. The van der Waals surface area contributed by atoms with Crippen LogP contribution in [0, 0.1) is 5.92 Å². The molecule has 0 bridgehead atoms. The zero-order valence-corrected chi connectivity index (χ0v) is 12.9. The van der Waals surface area contributed by atoms with Crippen molar-refractivity contribution in [2.75, 3.05) is 30.9 Å². The topological polar surface area (TPSA) is 50.3 Å². The quantitative estimate of drug-likeness (QED) is 0.822. The number of hydrogen-bond donors (Lipinski definition) is 1. The Morgan fingerprint density at radius 1 is 1.32 bits per heavy atom. The summed E-state index contributed by atoms with van der Waals surface area (Å²) >= 11 is 0. The average Bonchev–Trinajstić information content (AvgIpc) is 2.37. The first-order valence-corrected chi connectivity index (χ1v) is 6.86. The molecular formula is C14H26N4O. The van der Waals surface area contributed by atoms with Crippen LogP contribution >= 0.6 is 0 Å². The van der Waals surface area contributed by atoms with E-state index in [1.165, 1.54) is 0 Å². The van der Waals surface area contributed by atoms with Gasteiger partial charge in [-0.2, -0.15) is 0 Å². The highest BCUT2D eigenvalue weighted by Gasteiger charge is 2.19. The molecule has 1 atom stereocenters. The molecule has 108 valence electrons. The molecule has 0 saturated carbocycles. The molecule has 1 heterocycles. The predicted molar refractivity (Wildman–Crippen MR) is 80.1 cm³/mol. The maximum absolute atomic E-state index is 5.48. The van der Waals surface area contributed by atoms with E-state index in [9.17, 15) is 0 Å². The fraction of sp³-hybridized carbons (Fsp3) is 0.714. The van der Waals surface area contributed by atoms with Crippen LogP contribution in [-0.4, -0.2) is 36.7 Å². The minimum absolute atomic E-state index is 0.401. The molecule has 5 nitrogen and oxygen atoms in total. The van der Waals surface area contributed by atoms with Crippen LogP contribution in [0.5, 0.6) is 5.75 Å². The Labute approximate surface area is 116 Å². The first kappa shape index (κ1) is 15.5. The third kappa shape index (κ3) is 3.98. The number of hydrogen-bond acceptors (Lipinski definition) is 5. The predicted octanol–water partition coefficient (Wildman–Crippen LogP) is 2.79. The summed E-state index contributed by atoms with van der Waals surface area (Å²) in [6.07, 6.45) is 2.69. The zero-order chi connectivity index (χ0) is 14.4. The maximum atomic E-state index is 5.48. The zero-order valence-electron chi connectivity index (χ0n) is 12.9. The van der Waals surface area contributed by atoms with Gasteiger partial charge in [0.15, 0.2) is 11.6 Å². The van der Waals surface area contributed by atoms with Crippen LogP contribution in [0.3, 0.4) is 0 Å². The first-order valence-electron chi connectivity index (χ1n) is 6.86. The van der Waals surface area contributed by atoms with Crippen LogP contribution in [0.25, 0.3) is 0 Å². The summed E-state index contributed by atoms with van der Waals surface area (Å²) in [6, 6.07) is 0.401. The molecule has 0 aliphatic rings. The van der Waals surface area contributed by atoms with Gasteiger partial charge in [0.2, 0.25) is 5.75 Å². The molecule has 1 rings (SSSR count). The summed E-state index contributed by atoms with van der Waals surface area (Å²) in [5, 5.41) is 3.20. The second-order valence-electron chi connectivity index (χ2n) is 5.20. The first-order chi connectivity index (χ1) is 9.01. The van der Waals surface area contributed by atoms with Crippen LogP contribution in [-0.2, 0) is 0 Å². The van der Waals surface area contributed by atoms with Crippen LogP contribution in [0.15, 0.2) is 6.33 Å². The van der Waals surface area contributed by atoms with Gasteiger partial charge in [-0.25, -0.2) is 9.97 Å². The van der Waals surface area contributed by atoms with Gasteiger partial charge in [-0.1, -0.05) is 13.8 Å². The summed E-state index contributed by atoms with van der Waals surface area (Å²) in [4.78, 5) is 10.8. The van der Waals surface area contributed by atoms with Crippen molar-refractivity contribution in [1.82, 2.24) is 9.97 Å². The fourth-order valence-corrected chi connectivity index (χ4v) is 2.15. The highest BCUT2D eigenvalue weighted by molar-refractivity contribution is 5.64. The van der Waals surface area contributed by atoms with E-state index in [1.807, 2.05) is 14.0 Å². The summed E-state index contributed by atoms with van der Waals surface area (Å²) in [7, 11) is 3.71. The van der Waals surface area contributed by atoms with E-state index in [1.54, 1.807) is 13.4 Å². The minimum atomic E-state index is 0.401. The highest BCUT2D eigenvalue weighted by atomic mass is 16.5. The molecule has 1 N–H and O–H groups in total. The third-order valence-electron chi connectivity index (χ3n) is 3.14. The molecule has 0 aliphatic heterocycles. The van der Waals surface area contributed by atoms with Crippen molar-refractivity contribution in [2.45, 2.75) is 40.2 Å². The number of nitrogens with zero attached hydrogens (tertiary/aromatic N) is 3. The number of ether oxygens (including phenoxy) is 1. The highest BCUT2D eigenvalue weighted by Crippen LogP contribution is 2.32. The number of nitrogens with one attached hydrogen (secondary N) is 1. The fourth-order valence-electron chi connectivity index (χ4n) is 2.15. The minimum Gasteiger partial charge on any atom is -0.490 e. The normalized spacial score (nSPS) is 12.4. The molecule has 1 aromatic rings. The monoisotopic (exact) mass is 266 g/mol. The lowest BCUT2D eigenvalue weighted by Crippen LogP contribution is -2.31. The summed E-state index contributed by atoms with van der Waals surface area (Å²) < 4.78 is 5.48. The van der Waals surface area contributed by atoms with Crippen molar-refractivity contribution < 1.29 is 4.74 Å². The molecular weight excluding hydrogens is 240 g/mol. The Bertz CT molecular complexity index is 395. The molecule has 19 heavy (non-hydrogen) atoms. The number of aromatic nitrogens is 2. The van der Waals surface area contributed by atoms with Gasteiger partial charge in [0, 0.05) is 19.6 Å². The molecule has 1 aromatic heterocycles. The molecule has 0 amide bonds. The molecule has 1 unspecified atom stereocenters. The van der Waals surface area contributed by atoms with Gasteiger partial charge in [0.25, 0.3) is 0 Å². The Balaban J connectivity index is 3.01. The standard InChI is InChI=1S/C14H26N4O/c1-7-15-13-12(19-6)14(17-9-16-13)18(5)11(4)8-10(2)3/h9-11H,7-8H2,1-6H3,(H,15,16,17). The van der Waals surface area contributed by atoms with Crippen LogP contribution < -0.4 is 15.0 Å². The summed E-state index contributed by atoms with van der Waals surface area (Å²) in [5.74, 6) is 2.95. The number of rotatable bonds is 7. The lowest BCUT2D eigenvalue weighted by Gasteiger charge is -2.28. The molecule has 0 radical (unpaired) electrons. The Morgan fingerprint density at radius 2 is 2.00 bits per heavy atom. The second kappa shape index (κ2) is 7.16. The SMILES string of the molecule is CCNc1ncnc(N(C)C(C)CC(C)C)c1OC. The number of methoxy groups -OCH3 is 1. The van der Waals surface area contributed by atoms with E-state index in [2.05, 4.69) is 41.0 Å². The molecule has 0 saturated heterocycles. The van der Waals surface area contributed by atoms with Crippen molar-refractivity contribution >= 4 is 11.6 Å². The van der Waals surface area contributed by atoms with Crippen molar-refractivity contribution in [2.24, 2.45) is 5.92 Å². The van der Waals surface area contributed by atoms with Gasteiger partial charge in [-0.05, 0) is 26.2 Å². The van der Waals surface area contributed by atoms with Crippen molar-refractivity contribution in [3.05, 3.63) is 6.33 Å². The van der Waals surface area contributed by atoms with Crippen molar-refractivity contribution in [3.63, 3.8) is 0 Å². The molecule has 5 heteroatoms. The Morgan fingerprint density at radius 3 is 2.53 bits per heavy atom. The van der Waals surface area contributed by atoms with Gasteiger partial charge in [0.1, 0.15) is 6.33 Å². The third-order valence-corrected chi connectivity index (χ3v) is 3.14. The van der Waals surface area contributed by atoms with Crippen LogP contribution in [0.1, 0.15) is 34.1 Å². The van der Waals surface area contributed by atoms with E-state index >= 15 is 0 Å². The van der Waals surface area contributed by atoms with Crippen LogP contribution in [0.4, 0.5) is 11.6 Å². The van der Waals surface area contributed by atoms with Gasteiger partial charge in [0.05, 0.1) is 7.11 Å². The maximum Gasteiger partial charge on any atom is 0.204 e. The van der Waals surface area contributed by atoms with Gasteiger partial charge in [-0.15, -0.1) is 0 Å². The molecule has 0 aromatic carbocycles. The van der Waals surface area contributed by atoms with Crippen molar-refractivity contribution in [3.8, 4) is 5.75 Å². The number of anilines is 2. The lowest BCUT2D eigenvalue weighted by atomic mass is 10.0. The van der Waals surface area contributed by atoms with E-state index in [-0.39, 0.29) is 0 Å². The average molecular weight is 266 g/mol. The lowest BCUT2D eigenvalue weighted by molar-refractivity contribution is 0.409. The smallest absolute Gasteiger partial charge is 0.204 e. The molecule has 0 fully saturated rings. The summed E-state index contributed by atoms with van der Waals surface area (Å²) in [6.45, 7) is 9.50. The molecule has 0 aliphatic carbocycles. The second-order valence-corrected chi connectivity index (χ2v) is 5.20. The van der Waals surface area contributed by atoms with E-state index in [0.717, 1.165) is 24.6 Å². The van der Waals surface area contributed by atoms with E-state index < -0.39 is 0 Å². The van der Waals surface area contributed by atoms with Crippen molar-refractivity contribution in [1.29, 1.82) is 0 Å². The van der Waals surface area contributed by atoms with Gasteiger partial charge < -0.3 is 15.0 Å². The molecule has 0 spiro atoms. The Kier molecular flexibility index (Phi) is 5.86. The van der Waals surface area contributed by atoms with E-state index in [0.29, 0.717) is 17.7 Å². The van der Waals surface area contributed by atoms with E-state index in [4.69, 9.17) is 4.74 Å². The van der Waals surface area contributed by atoms with Gasteiger partial charge in [-0.3, -0.25) is 0 Å². The van der Waals surface area contributed by atoms with Crippen LogP contribution in [0.2, 0.25) is 0 Å². The van der Waals surface area contributed by atoms with Gasteiger partial charge >= 0.3 is 0 Å². The Hall–Kier alpha value is -1.52.